The molecule has 1 saturated heterocycles. The van der Waals surface area contributed by atoms with E-state index in [1.807, 2.05) is 55.5 Å². The highest BCUT2D eigenvalue weighted by molar-refractivity contribution is 6.38. The van der Waals surface area contributed by atoms with Gasteiger partial charge in [-0.05, 0) is 56.1 Å². The molecule has 2 aromatic heterocycles. The number of methoxy groups -OCH3 is 1. The normalized spacial score (nSPS) is 19.0. The summed E-state index contributed by atoms with van der Waals surface area (Å²) in [6, 6.07) is 12.5. The van der Waals surface area contributed by atoms with Crippen LogP contribution in [0.2, 0.25) is 0 Å². The summed E-state index contributed by atoms with van der Waals surface area (Å²) in [7, 11) is 1.58. The van der Waals surface area contributed by atoms with Gasteiger partial charge in [-0.15, -0.1) is 0 Å². The number of likely N-dealkylation sites (tertiary alicyclic amines) is 1. The van der Waals surface area contributed by atoms with E-state index in [0.29, 0.717) is 47.4 Å². The number of pyridine rings is 1. The lowest BCUT2D eigenvalue weighted by molar-refractivity contribution is -0.144. The van der Waals surface area contributed by atoms with Crippen LogP contribution >= 0.6 is 0 Å². The molecule has 3 fully saturated rings. The Labute approximate surface area is 373 Å². The number of nitrogens with zero attached hydrogens (tertiary/aromatic N) is 4. The van der Waals surface area contributed by atoms with Crippen LogP contribution < -0.4 is 30.7 Å². The summed E-state index contributed by atoms with van der Waals surface area (Å²) >= 11 is 0. The zero-order chi connectivity index (χ0) is 45.3. The number of ketones is 1. The van der Waals surface area contributed by atoms with Gasteiger partial charge in [-0.1, -0.05) is 76.8 Å². The van der Waals surface area contributed by atoms with Crippen molar-refractivity contribution in [3.63, 3.8) is 0 Å². The molecular formula is C48H58N8O8. The molecule has 16 nitrogen and oxygen atoms in total. The predicted octanol–water partition coefficient (Wildman–Crippen LogP) is 4.70. The van der Waals surface area contributed by atoms with E-state index in [4.69, 9.17) is 14.5 Å². The number of fused-ring (bicyclic) bond motifs is 1. The van der Waals surface area contributed by atoms with Gasteiger partial charge in [-0.2, -0.15) is 0 Å². The molecule has 4 N–H and O–H groups in total. The average Bonchev–Trinajstić information content (AvgIpc) is 4.04. The highest BCUT2D eigenvalue weighted by Crippen LogP contribution is 2.35. The average molecular weight is 875 g/mol. The molecule has 0 spiro atoms. The Morgan fingerprint density at radius 2 is 1.66 bits per heavy atom. The van der Waals surface area contributed by atoms with Gasteiger partial charge in [0.15, 0.2) is 0 Å². The molecule has 3 heterocycles. The van der Waals surface area contributed by atoms with Crippen LogP contribution in [0.25, 0.3) is 22.2 Å². The minimum absolute atomic E-state index is 0.0388. The molecule has 0 unspecified atom stereocenters. The van der Waals surface area contributed by atoms with Crippen LogP contribution in [0.1, 0.15) is 95.5 Å². The van der Waals surface area contributed by atoms with E-state index in [9.17, 15) is 28.8 Å². The van der Waals surface area contributed by atoms with Gasteiger partial charge in [0.05, 0.1) is 37.1 Å². The quantitative estimate of drug-likeness (QED) is 0.101. The van der Waals surface area contributed by atoms with Crippen LogP contribution in [-0.4, -0.2) is 105 Å². The Hall–Kier alpha value is -6.45. The fourth-order valence-corrected chi connectivity index (χ4v) is 8.61. The van der Waals surface area contributed by atoms with Gasteiger partial charge in [-0.3, -0.25) is 33.8 Å². The molecule has 64 heavy (non-hydrogen) atoms. The van der Waals surface area contributed by atoms with Crippen molar-refractivity contribution in [2.75, 3.05) is 13.7 Å². The summed E-state index contributed by atoms with van der Waals surface area (Å²) < 4.78 is 12.3. The number of amides is 5. The Morgan fingerprint density at radius 1 is 0.891 bits per heavy atom. The first kappa shape index (κ1) is 45.6. The number of benzene rings is 2. The molecule has 7 rings (SSSR count). The number of carbonyl (C=O) groups is 6. The van der Waals surface area contributed by atoms with Gasteiger partial charge >= 0.3 is 0 Å². The van der Waals surface area contributed by atoms with Crippen LogP contribution in [0, 0.1) is 11.8 Å². The number of hydrogen-bond donors (Lipinski definition) is 4. The molecule has 5 amide bonds. The third-order valence-electron chi connectivity index (χ3n) is 12.3. The van der Waals surface area contributed by atoms with Crippen molar-refractivity contribution in [3.8, 4) is 22.8 Å². The van der Waals surface area contributed by atoms with E-state index in [0.717, 1.165) is 37.7 Å². The van der Waals surface area contributed by atoms with Crippen molar-refractivity contribution in [2.24, 2.45) is 11.8 Å². The molecule has 2 aliphatic carbocycles. The van der Waals surface area contributed by atoms with Gasteiger partial charge in [0.25, 0.3) is 11.8 Å². The molecule has 16 heteroatoms. The van der Waals surface area contributed by atoms with Crippen molar-refractivity contribution in [2.45, 2.75) is 121 Å². The maximum Gasteiger partial charge on any atom is 0.289 e. The Balaban J connectivity index is 1.19. The SMILES string of the molecule is CCC[C@H](NC(=O)[C@@H]1C[C@@H](Oc2cc(-c3ccccc3)nc3cc(OC)ccc23)CN1C(=O)[C@@H](NC(=O)[C@@H](NC(=O)c1cnccn1)C1CCCCC1)C(C)C)C(=O)C(=O)NC1CC1. The minimum atomic E-state index is -1.14. The topological polar surface area (TPSA) is 211 Å². The van der Waals surface area contributed by atoms with Crippen LogP contribution in [-0.2, 0) is 24.0 Å². The zero-order valence-electron chi connectivity index (χ0n) is 36.9. The predicted molar refractivity (Wildman–Crippen MR) is 238 cm³/mol. The first-order valence-electron chi connectivity index (χ1n) is 22.5. The fraction of sp³-hybridized carbons (Fsp3) is 0.479. The van der Waals surface area contributed by atoms with Crippen LogP contribution in [0.15, 0.2) is 73.2 Å². The third kappa shape index (κ3) is 11.0. The van der Waals surface area contributed by atoms with Crippen molar-refractivity contribution >= 4 is 46.2 Å². The number of carbonyl (C=O) groups excluding carboxylic acids is 6. The van der Waals surface area contributed by atoms with E-state index < -0.39 is 71.5 Å². The second-order valence-electron chi connectivity index (χ2n) is 17.4. The Kier molecular flexibility index (Phi) is 14.8. The largest absolute Gasteiger partial charge is 0.497 e. The molecule has 1 aliphatic heterocycles. The van der Waals surface area contributed by atoms with Crippen molar-refractivity contribution in [1.29, 1.82) is 0 Å². The lowest BCUT2D eigenvalue weighted by Crippen LogP contribution is -2.60. The molecule has 3 aliphatic rings. The number of ether oxygens (including phenoxy) is 2. The summed E-state index contributed by atoms with van der Waals surface area (Å²) in [5.41, 5.74) is 2.17. The second-order valence-corrected chi connectivity index (χ2v) is 17.4. The monoisotopic (exact) mass is 874 g/mol. The number of aromatic nitrogens is 3. The maximum absolute atomic E-state index is 15.0. The highest BCUT2D eigenvalue weighted by atomic mass is 16.5. The van der Waals surface area contributed by atoms with Crippen LogP contribution in [0.4, 0.5) is 0 Å². The second kappa shape index (κ2) is 20.8. The Morgan fingerprint density at radius 3 is 2.33 bits per heavy atom. The number of nitrogens with one attached hydrogen (secondary N) is 4. The number of rotatable bonds is 18. The summed E-state index contributed by atoms with van der Waals surface area (Å²) in [6.07, 6.45) is 10.0. The molecule has 0 radical (unpaired) electrons. The van der Waals surface area contributed by atoms with E-state index >= 15 is 0 Å². The Bertz CT molecular complexity index is 2320. The van der Waals surface area contributed by atoms with Gasteiger partial charge in [-0.25, -0.2) is 9.97 Å². The van der Waals surface area contributed by atoms with Crippen LogP contribution in [0.5, 0.6) is 11.5 Å². The molecular weight excluding hydrogens is 817 g/mol. The van der Waals surface area contributed by atoms with E-state index in [2.05, 4.69) is 31.2 Å². The lowest BCUT2D eigenvalue weighted by atomic mass is 9.83. The number of Topliss-reactive ketones (excluding diaryl/α,β-unsaturated/α-hetero) is 1. The van der Waals surface area contributed by atoms with E-state index in [1.54, 1.807) is 27.0 Å². The summed E-state index contributed by atoms with van der Waals surface area (Å²) in [4.78, 5) is 98.0. The number of hydrogen-bond acceptors (Lipinski definition) is 11. The molecule has 4 aromatic rings. The molecule has 5 atom stereocenters. The molecule has 338 valence electrons. The van der Waals surface area contributed by atoms with Crippen LogP contribution in [0.3, 0.4) is 0 Å². The highest BCUT2D eigenvalue weighted by Gasteiger charge is 2.46. The molecule has 2 saturated carbocycles. The lowest BCUT2D eigenvalue weighted by Gasteiger charge is -2.34. The maximum atomic E-state index is 15.0. The minimum Gasteiger partial charge on any atom is -0.497 e. The third-order valence-corrected chi connectivity index (χ3v) is 12.3. The first-order chi connectivity index (χ1) is 30.9. The van der Waals surface area contributed by atoms with E-state index in [-0.39, 0.29) is 37.0 Å². The van der Waals surface area contributed by atoms with Gasteiger partial charge in [0.2, 0.25) is 23.5 Å². The van der Waals surface area contributed by atoms with Gasteiger partial charge in [0.1, 0.15) is 41.4 Å². The fourth-order valence-electron chi connectivity index (χ4n) is 8.61. The van der Waals surface area contributed by atoms with Crippen molar-refractivity contribution in [3.05, 3.63) is 78.9 Å². The summed E-state index contributed by atoms with van der Waals surface area (Å²) in [5, 5.41) is 12.1. The first-order valence-corrected chi connectivity index (χ1v) is 22.5. The summed E-state index contributed by atoms with van der Waals surface area (Å²) in [5.74, 6) is -3.27. The van der Waals surface area contributed by atoms with Crippen molar-refractivity contribution in [1.82, 2.24) is 41.1 Å². The summed E-state index contributed by atoms with van der Waals surface area (Å²) in [6.45, 7) is 5.41. The smallest absolute Gasteiger partial charge is 0.289 e. The van der Waals surface area contributed by atoms with Gasteiger partial charge in [0, 0.05) is 47.9 Å². The molecule has 0 bridgehead atoms. The van der Waals surface area contributed by atoms with Gasteiger partial charge < -0.3 is 35.6 Å². The zero-order valence-corrected chi connectivity index (χ0v) is 36.9. The van der Waals surface area contributed by atoms with Crippen molar-refractivity contribution < 1.29 is 38.2 Å². The molecule has 2 aromatic carbocycles. The van der Waals surface area contributed by atoms with E-state index in [1.165, 1.54) is 23.5 Å². The standard InChI is InChI=1S/C48H58N8O8/c1-5-12-35(43(57)47(61)51-31-17-18-31)53-45(59)39-24-33(64-40-25-36(29-13-8-6-9-14-29)52-37-23-32(63-4)19-20-34(37)40)27-56(39)48(62)41(28(2)3)54-46(60)42(30-15-10-7-11-16-30)55-44(58)38-26-49-21-22-50-38/h6,8-9,13-14,19-23,25-26,28,30-31,33,35,39,41-42H,5,7,10-12,15-18,24,27H2,1-4H3,(H,51,61)(H,53,59)(H,54,60)(H,55,58)/t33-,35+,39+,41+,42+/m1/s1.